The lowest BCUT2D eigenvalue weighted by Crippen LogP contribution is -2.29. The number of fused-ring (bicyclic) bond motifs is 3. The molecule has 4 rings (SSSR count). The summed E-state index contributed by atoms with van der Waals surface area (Å²) in [5, 5.41) is 12.8. The largest absolute Gasteiger partial charge is 0.478 e. The van der Waals surface area contributed by atoms with Crippen molar-refractivity contribution in [3.8, 4) is 0 Å². The summed E-state index contributed by atoms with van der Waals surface area (Å²) < 4.78 is 5.94. The number of ether oxygens (including phenoxy) is 1. The predicted octanol–water partition coefficient (Wildman–Crippen LogP) is 3.63. The molecule has 0 amide bonds. The Labute approximate surface area is 128 Å². The highest BCUT2D eigenvalue weighted by Crippen LogP contribution is 2.49. The van der Waals surface area contributed by atoms with Crippen LogP contribution >= 0.6 is 0 Å². The molecule has 0 aromatic heterocycles. The zero-order valence-corrected chi connectivity index (χ0v) is 12.0. The van der Waals surface area contributed by atoms with Crippen LogP contribution in [0.5, 0.6) is 0 Å². The Balaban J connectivity index is 1.78. The van der Waals surface area contributed by atoms with Gasteiger partial charge < -0.3 is 15.2 Å². The fourth-order valence-electron chi connectivity index (χ4n) is 3.60. The fraction of sp³-hybridized carbons (Fsp3) is 0.278. The van der Waals surface area contributed by atoms with E-state index in [0.717, 1.165) is 24.3 Å². The van der Waals surface area contributed by atoms with Gasteiger partial charge in [0.2, 0.25) is 0 Å². The molecule has 2 heterocycles. The lowest BCUT2D eigenvalue weighted by molar-refractivity contribution is 0.0694. The molecular weight excluding hydrogens is 278 g/mol. The van der Waals surface area contributed by atoms with Crippen LogP contribution in [0.4, 0.5) is 5.69 Å². The molecule has 4 nitrogen and oxygen atoms in total. The van der Waals surface area contributed by atoms with E-state index in [2.05, 4.69) is 17.4 Å². The van der Waals surface area contributed by atoms with Crippen LogP contribution in [0.1, 0.15) is 40.1 Å². The molecule has 1 fully saturated rings. The minimum Gasteiger partial charge on any atom is -0.478 e. The van der Waals surface area contributed by atoms with Crippen molar-refractivity contribution >= 4 is 11.7 Å². The average molecular weight is 295 g/mol. The Morgan fingerprint density at radius 2 is 2.00 bits per heavy atom. The van der Waals surface area contributed by atoms with Gasteiger partial charge in [-0.15, -0.1) is 0 Å². The number of carboxylic acid groups (broad SMARTS) is 1. The zero-order chi connectivity index (χ0) is 15.1. The fourth-order valence-corrected chi connectivity index (χ4v) is 3.60. The SMILES string of the molecule is O=C(O)c1ccc2c(c1)[C@H]1OCC[C@H]1[C@@H](c1ccccc1)N2. The van der Waals surface area contributed by atoms with Crippen LogP contribution in [0, 0.1) is 5.92 Å². The lowest BCUT2D eigenvalue weighted by atomic mass is 9.80. The molecular formula is C18H17NO3. The number of aromatic carboxylic acids is 1. The summed E-state index contributed by atoms with van der Waals surface area (Å²) >= 11 is 0. The minimum absolute atomic E-state index is 0.0271. The highest BCUT2D eigenvalue weighted by molar-refractivity contribution is 5.88. The second-order valence-corrected chi connectivity index (χ2v) is 5.88. The van der Waals surface area contributed by atoms with E-state index in [1.54, 1.807) is 12.1 Å². The van der Waals surface area contributed by atoms with Crippen LogP contribution in [0.15, 0.2) is 48.5 Å². The van der Waals surface area contributed by atoms with Crippen LogP contribution < -0.4 is 5.32 Å². The third kappa shape index (κ3) is 2.07. The first-order chi connectivity index (χ1) is 10.7. The van der Waals surface area contributed by atoms with Crippen LogP contribution in [-0.2, 0) is 4.74 Å². The summed E-state index contributed by atoms with van der Waals surface area (Å²) in [7, 11) is 0. The van der Waals surface area contributed by atoms with Crippen LogP contribution in [-0.4, -0.2) is 17.7 Å². The van der Waals surface area contributed by atoms with Crippen molar-refractivity contribution < 1.29 is 14.6 Å². The first kappa shape index (κ1) is 13.3. The highest BCUT2D eigenvalue weighted by Gasteiger charge is 2.41. The maximum Gasteiger partial charge on any atom is 0.335 e. The molecule has 2 aromatic rings. The van der Waals surface area contributed by atoms with E-state index in [4.69, 9.17) is 4.74 Å². The summed E-state index contributed by atoms with van der Waals surface area (Å²) in [6, 6.07) is 15.8. The normalized spacial score (nSPS) is 25.9. The first-order valence-electron chi connectivity index (χ1n) is 7.54. The number of hydrogen-bond acceptors (Lipinski definition) is 3. The Morgan fingerprint density at radius 1 is 1.18 bits per heavy atom. The summed E-state index contributed by atoms with van der Waals surface area (Å²) in [6.07, 6.45) is 0.953. The number of rotatable bonds is 2. The monoisotopic (exact) mass is 295 g/mol. The van der Waals surface area contributed by atoms with Crippen LogP contribution in [0.2, 0.25) is 0 Å². The van der Waals surface area contributed by atoms with Gasteiger partial charge in [-0.05, 0) is 30.2 Å². The van der Waals surface area contributed by atoms with E-state index in [1.165, 1.54) is 5.56 Å². The van der Waals surface area contributed by atoms with Gasteiger partial charge in [0, 0.05) is 23.8 Å². The van der Waals surface area contributed by atoms with Gasteiger partial charge in [0.15, 0.2) is 0 Å². The lowest BCUT2D eigenvalue weighted by Gasteiger charge is -2.36. The van der Waals surface area contributed by atoms with Crippen LogP contribution in [0.25, 0.3) is 0 Å². The second kappa shape index (κ2) is 5.14. The molecule has 22 heavy (non-hydrogen) atoms. The van der Waals surface area contributed by atoms with E-state index in [0.29, 0.717) is 11.5 Å². The molecule has 4 heteroatoms. The number of carbonyl (C=O) groups is 1. The van der Waals surface area contributed by atoms with E-state index < -0.39 is 5.97 Å². The minimum atomic E-state index is -0.900. The molecule has 0 aliphatic carbocycles. The number of anilines is 1. The van der Waals surface area contributed by atoms with E-state index in [-0.39, 0.29) is 12.1 Å². The Morgan fingerprint density at radius 3 is 2.77 bits per heavy atom. The molecule has 0 bridgehead atoms. The quantitative estimate of drug-likeness (QED) is 0.888. The van der Waals surface area contributed by atoms with Gasteiger partial charge in [0.05, 0.1) is 17.7 Å². The number of hydrogen-bond donors (Lipinski definition) is 2. The second-order valence-electron chi connectivity index (χ2n) is 5.88. The zero-order valence-electron chi connectivity index (χ0n) is 12.0. The van der Waals surface area contributed by atoms with Gasteiger partial charge >= 0.3 is 5.97 Å². The van der Waals surface area contributed by atoms with Crippen LogP contribution in [0.3, 0.4) is 0 Å². The molecule has 2 N–H and O–H groups in total. The first-order valence-corrected chi connectivity index (χ1v) is 7.54. The standard InChI is InChI=1S/C18H17NO3/c20-18(21)12-6-7-15-14(10-12)17-13(8-9-22-17)16(19-15)11-4-2-1-3-5-11/h1-7,10,13,16-17,19H,8-9H2,(H,20,21)/t13-,16+,17-/m0/s1. The van der Waals surface area contributed by atoms with Gasteiger partial charge in [-0.3, -0.25) is 0 Å². The Bertz CT molecular complexity index is 714. The number of benzene rings is 2. The van der Waals surface area contributed by atoms with E-state index in [1.807, 2.05) is 24.3 Å². The van der Waals surface area contributed by atoms with Crippen molar-refractivity contribution in [1.82, 2.24) is 0 Å². The highest BCUT2D eigenvalue weighted by atomic mass is 16.5. The van der Waals surface area contributed by atoms with Crippen molar-refractivity contribution in [2.45, 2.75) is 18.6 Å². The van der Waals surface area contributed by atoms with E-state index >= 15 is 0 Å². The summed E-state index contributed by atoms with van der Waals surface area (Å²) in [5.41, 5.74) is 3.50. The predicted molar refractivity (Wildman–Crippen MR) is 83.0 cm³/mol. The molecule has 2 aliphatic heterocycles. The summed E-state index contributed by atoms with van der Waals surface area (Å²) in [6.45, 7) is 0.719. The van der Waals surface area contributed by atoms with Crippen molar-refractivity contribution in [2.24, 2.45) is 5.92 Å². The topological polar surface area (TPSA) is 58.6 Å². The maximum absolute atomic E-state index is 11.2. The maximum atomic E-state index is 11.2. The van der Waals surface area contributed by atoms with E-state index in [9.17, 15) is 9.90 Å². The number of nitrogens with one attached hydrogen (secondary N) is 1. The third-order valence-electron chi connectivity index (χ3n) is 4.64. The molecule has 0 saturated carbocycles. The molecule has 2 aliphatic rings. The molecule has 0 spiro atoms. The summed E-state index contributed by atoms with van der Waals surface area (Å²) in [4.78, 5) is 11.2. The van der Waals surface area contributed by atoms with Crippen molar-refractivity contribution in [3.05, 3.63) is 65.2 Å². The molecule has 112 valence electrons. The molecule has 2 aromatic carbocycles. The van der Waals surface area contributed by atoms with Gasteiger partial charge in [0.1, 0.15) is 0 Å². The molecule has 3 atom stereocenters. The Hall–Kier alpha value is -2.33. The van der Waals surface area contributed by atoms with Crippen molar-refractivity contribution in [1.29, 1.82) is 0 Å². The smallest absolute Gasteiger partial charge is 0.335 e. The Kier molecular flexibility index (Phi) is 3.12. The van der Waals surface area contributed by atoms with Gasteiger partial charge in [0.25, 0.3) is 0 Å². The van der Waals surface area contributed by atoms with Crippen molar-refractivity contribution in [2.75, 3.05) is 11.9 Å². The van der Waals surface area contributed by atoms with Gasteiger partial charge in [-0.2, -0.15) is 0 Å². The summed E-state index contributed by atoms with van der Waals surface area (Å²) in [5.74, 6) is -0.568. The average Bonchev–Trinajstić information content (AvgIpc) is 3.04. The molecule has 0 radical (unpaired) electrons. The van der Waals surface area contributed by atoms with Gasteiger partial charge in [-0.25, -0.2) is 4.79 Å². The third-order valence-corrected chi connectivity index (χ3v) is 4.64. The molecule has 1 saturated heterocycles. The van der Waals surface area contributed by atoms with Crippen molar-refractivity contribution in [3.63, 3.8) is 0 Å². The number of carboxylic acids is 1. The van der Waals surface area contributed by atoms with Gasteiger partial charge in [-0.1, -0.05) is 30.3 Å². The molecule has 0 unspecified atom stereocenters.